The fourth-order valence-corrected chi connectivity index (χ4v) is 5.11. The number of unbranched alkanes of at least 4 members (excludes halogenated alkanes) is 1. The highest BCUT2D eigenvalue weighted by Gasteiger charge is 2.22. The zero-order valence-electron chi connectivity index (χ0n) is 20.8. The Bertz CT molecular complexity index is 1150. The van der Waals surface area contributed by atoms with E-state index in [2.05, 4.69) is 19.9 Å². The molecule has 4 rings (SSSR count). The highest BCUT2D eigenvalue weighted by atomic mass is 19.2. The summed E-state index contributed by atoms with van der Waals surface area (Å²) in [7, 11) is 0. The summed E-state index contributed by atoms with van der Waals surface area (Å²) in [6, 6.07) is 16.7. The van der Waals surface area contributed by atoms with Gasteiger partial charge < -0.3 is 0 Å². The van der Waals surface area contributed by atoms with Gasteiger partial charge >= 0.3 is 0 Å². The number of hydrogen-bond acceptors (Lipinski definition) is 0. The zero-order valence-corrected chi connectivity index (χ0v) is 20.8. The first kappa shape index (κ1) is 25.3. The molecule has 0 N–H and O–H groups in total. The number of rotatable bonds is 8. The molecule has 1 aliphatic carbocycles. The van der Waals surface area contributed by atoms with E-state index in [1.54, 1.807) is 24.3 Å². The van der Waals surface area contributed by atoms with Crippen LogP contribution in [0.1, 0.15) is 80.5 Å². The maximum Gasteiger partial charge on any atom is 0.167 e. The molecule has 0 aliphatic heterocycles. The van der Waals surface area contributed by atoms with Crippen molar-refractivity contribution in [3.05, 3.63) is 100 Å². The van der Waals surface area contributed by atoms with Crippen molar-refractivity contribution in [2.45, 2.75) is 71.1 Å². The molecule has 0 radical (unpaired) electrons. The Balaban J connectivity index is 1.38. The molecular weight excluding hydrogens is 441 g/mol. The second-order valence-electron chi connectivity index (χ2n) is 9.81. The van der Waals surface area contributed by atoms with E-state index >= 15 is 0 Å². The molecule has 0 bridgehead atoms. The summed E-state index contributed by atoms with van der Waals surface area (Å²) in [5, 5.41) is 0. The van der Waals surface area contributed by atoms with Gasteiger partial charge in [-0.25, -0.2) is 13.2 Å². The van der Waals surface area contributed by atoms with E-state index < -0.39 is 11.6 Å². The van der Waals surface area contributed by atoms with Crippen LogP contribution in [0, 0.1) is 23.4 Å². The van der Waals surface area contributed by atoms with Crippen molar-refractivity contribution in [3.63, 3.8) is 0 Å². The van der Waals surface area contributed by atoms with Crippen LogP contribution in [0.5, 0.6) is 0 Å². The van der Waals surface area contributed by atoms with Gasteiger partial charge in [-0.1, -0.05) is 81.0 Å². The number of hydrogen-bond donors (Lipinski definition) is 0. The van der Waals surface area contributed by atoms with Gasteiger partial charge in [-0.05, 0) is 85.1 Å². The standard InChI is InChI=1S/C32H35F3/c1-3-5-6-26-17-18-28(21-30(26)33)24-12-9-23(10-13-24)11-16-27-19-20-29(32(35)31(27)34)25-14-7-22(4-2)8-15-25/h7-8,11,14-21,23-24H,3-6,9-10,12-13H2,1-2H3/b16-11+. The topological polar surface area (TPSA) is 0 Å². The van der Waals surface area contributed by atoms with Gasteiger partial charge in [0.1, 0.15) is 5.82 Å². The fourth-order valence-electron chi connectivity index (χ4n) is 5.11. The summed E-state index contributed by atoms with van der Waals surface area (Å²) < 4.78 is 44.1. The fraction of sp³-hybridized carbons (Fsp3) is 0.375. The lowest BCUT2D eigenvalue weighted by Gasteiger charge is -2.27. The predicted octanol–water partition coefficient (Wildman–Crippen LogP) is 9.66. The summed E-state index contributed by atoms with van der Waals surface area (Å²) in [4.78, 5) is 0. The van der Waals surface area contributed by atoms with Gasteiger partial charge in [0.15, 0.2) is 11.6 Å². The van der Waals surface area contributed by atoms with Crippen LogP contribution < -0.4 is 0 Å². The minimum absolute atomic E-state index is 0.0831. The van der Waals surface area contributed by atoms with Crippen molar-refractivity contribution < 1.29 is 13.2 Å². The van der Waals surface area contributed by atoms with Crippen LogP contribution in [-0.4, -0.2) is 0 Å². The van der Waals surface area contributed by atoms with E-state index in [-0.39, 0.29) is 16.9 Å². The van der Waals surface area contributed by atoms with Crippen molar-refractivity contribution in [3.8, 4) is 11.1 Å². The summed E-state index contributed by atoms with van der Waals surface area (Å²) in [5.74, 6) is -0.999. The van der Waals surface area contributed by atoms with Gasteiger partial charge in [0.05, 0.1) is 0 Å². The van der Waals surface area contributed by atoms with Gasteiger partial charge in [0.2, 0.25) is 0 Å². The van der Waals surface area contributed by atoms with Gasteiger partial charge in [0.25, 0.3) is 0 Å². The molecule has 1 aliphatic rings. The van der Waals surface area contributed by atoms with Gasteiger partial charge in [0, 0.05) is 11.1 Å². The third kappa shape index (κ3) is 6.07. The molecular formula is C32H35F3. The van der Waals surface area contributed by atoms with Gasteiger partial charge in [-0.3, -0.25) is 0 Å². The van der Waals surface area contributed by atoms with Crippen LogP contribution >= 0.6 is 0 Å². The minimum atomic E-state index is -0.801. The van der Waals surface area contributed by atoms with E-state index in [0.717, 1.165) is 68.1 Å². The third-order valence-electron chi connectivity index (χ3n) is 7.45. The largest absolute Gasteiger partial charge is 0.207 e. The molecule has 3 aromatic rings. The van der Waals surface area contributed by atoms with Crippen LogP contribution in [0.15, 0.2) is 60.7 Å². The third-order valence-corrected chi connectivity index (χ3v) is 7.45. The number of aryl methyl sites for hydroxylation is 2. The number of allylic oxidation sites excluding steroid dienone is 1. The van der Waals surface area contributed by atoms with Crippen molar-refractivity contribution in [2.24, 2.45) is 5.92 Å². The van der Waals surface area contributed by atoms with Gasteiger partial charge in [-0.15, -0.1) is 0 Å². The van der Waals surface area contributed by atoms with Crippen LogP contribution in [0.4, 0.5) is 13.2 Å². The first-order valence-corrected chi connectivity index (χ1v) is 13.0. The molecule has 0 amide bonds. The Morgan fingerprint density at radius 2 is 1.57 bits per heavy atom. The smallest absolute Gasteiger partial charge is 0.167 e. The summed E-state index contributed by atoms with van der Waals surface area (Å²) in [6.07, 6.45) is 11.4. The SMILES string of the molecule is CCCCc1ccc(C2CCC(/C=C/c3ccc(-c4ccc(CC)cc4)c(F)c3F)CC2)cc1F. The quantitative estimate of drug-likeness (QED) is 0.303. The van der Waals surface area contributed by atoms with Crippen LogP contribution in [0.25, 0.3) is 17.2 Å². The monoisotopic (exact) mass is 476 g/mol. The normalized spacial score (nSPS) is 18.3. The first-order chi connectivity index (χ1) is 17.0. The van der Waals surface area contributed by atoms with E-state index in [1.807, 2.05) is 36.4 Å². The maximum absolute atomic E-state index is 14.8. The maximum atomic E-state index is 14.8. The van der Waals surface area contributed by atoms with Crippen LogP contribution in [-0.2, 0) is 12.8 Å². The molecule has 0 spiro atoms. The highest BCUT2D eigenvalue weighted by molar-refractivity contribution is 5.67. The first-order valence-electron chi connectivity index (χ1n) is 13.0. The van der Waals surface area contributed by atoms with E-state index in [1.165, 1.54) is 0 Å². The van der Waals surface area contributed by atoms with Crippen molar-refractivity contribution in [1.29, 1.82) is 0 Å². The molecule has 35 heavy (non-hydrogen) atoms. The molecule has 0 saturated heterocycles. The van der Waals surface area contributed by atoms with Crippen LogP contribution in [0.3, 0.4) is 0 Å². The lowest BCUT2D eigenvalue weighted by atomic mass is 9.78. The molecule has 3 aromatic carbocycles. The average molecular weight is 477 g/mol. The molecule has 0 heterocycles. The second-order valence-corrected chi connectivity index (χ2v) is 9.81. The van der Waals surface area contributed by atoms with Crippen molar-refractivity contribution in [2.75, 3.05) is 0 Å². The molecule has 3 heteroatoms. The minimum Gasteiger partial charge on any atom is -0.207 e. The number of halogens is 3. The van der Waals surface area contributed by atoms with E-state index in [4.69, 9.17) is 0 Å². The Kier molecular flexibility index (Phi) is 8.49. The zero-order chi connectivity index (χ0) is 24.8. The van der Waals surface area contributed by atoms with Crippen molar-refractivity contribution in [1.82, 2.24) is 0 Å². The highest BCUT2D eigenvalue weighted by Crippen LogP contribution is 2.37. The molecule has 0 atom stereocenters. The lowest BCUT2D eigenvalue weighted by Crippen LogP contribution is -2.12. The Morgan fingerprint density at radius 1 is 0.829 bits per heavy atom. The molecule has 1 saturated carbocycles. The molecule has 0 nitrogen and oxygen atoms in total. The van der Waals surface area contributed by atoms with Crippen LogP contribution in [0.2, 0.25) is 0 Å². The Morgan fingerprint density at radius 3 is 2.23 bits per heavy atom. The molecule has 1 fully saturated rings. The molecule has 0 aromatic heterocycles. The Labute approximate surface area is 207 Å². The van der Waals surface area contributed by atoms with E-state index in [0.29, 0.717) is 17.4 Å². The number of benzene rings is 3. The molecule has 184 valence electrons. The van der Waals surface area contributed by atoms with E-state index in [9.17, 15) is 13.2 Å². The summed E-state index contributed by atoms with van der Waals surface area (Å²) in [6.45, 7) is 4.18. The second kappa shape index (κ2) is 11.7. The summed E-state index contributed by atoms with van der Waals surface area (Å²) in [5.41, 5.74) is 4.31. The van der Waals surface area contributed by atoms with Gasteiger partial charge in [-0.2, -0.15) is 0 Å². The predicted molar refractivity (Wildman–Crippen MR) is 140 cm³/mol. The molecule has 0 unspecified atom stereocenters. The summed E-state index contributed by atoms with van der Waals surface area (Å²) >= 11 is 0. The van der Waals surface area contributed by atoms with Crippen molar-refractivity contribution >= 4 is 6.08 Å². The Hall–Kier alpha value is -2.81. The average Bonchev–Trinajstić information content (AvgIpc) is 2.89. The lowest BCUT2D eigenvalue weighted by molar-refractivity contribution is 0.376.